The fourth-order valence-corrected chi connectivity index (χ4v) is 4.88. The summed E-state index contributed by atoms with van der Waals surface area (Å²) < 4.78 is 27.7. The number of aliphatic carboxylic acids is 1. The molecule has 3 N–H and O–H groups in total. The lowest BCUT2D eigenvalue weighted by atomic mass is 9.90. The monoisotopic (exact) mass is 341 g/mol. The van der Waals surface area contributed by atoms with Crippen molar-refractivity contribution in [3.05, 3.63) is 29.3 Å². The van der Waals surface area contributed by atoms with Gasteiger partial charge in [0.25, 0.3) is 0 Å². The number of aromatic carboxylic acids is 1. The van der Waals surface area contributed by atoms with Gasteiger partial charge in [0.15, 0.2) is 0 Å². The topological polar surface area (TPSA) is 121 Å². The van der Waals surface area contributed by atoms with Gasteiger partial charge in [-0.15, -0.1) is 0 Å². The summed E-state index contributed by atoms with van der Waals surface area (Å²) in [5.41, 5.74) is -1.60. The Labute approximate surface area is 134 Å². The predicted octanol–water partition coefficient (Wildman–Crippen LogP) is 1.61. The van der Waals surface area contributed by atoms with Crippen LogP contribution in [0.25, 0.3) is 0 Å². The van der Waals surface area contributed by atoms with Crippen LogP contribution in [0.5, 0.6) is 0 Å². The van der Waals surface area contributed by atoms with E-state index in [0.29, 0.717) is 12.8 Å². The first-order chi connectivity index (χ1) is 10.6. The highest BCUT2D eigenvalue weighted by molar-refractivity contribution is 7.89. The zero-order chi connectivity index (χ0) is 17.4. The lowest BCUT2D eigenvalue weighted by molar-refractivity contribution is -0.145. The molecule has 126 valence electrons. The molecule has 1 aromatic rings. The zero-order valence-electron chi connectivity index (χ0n) is 12.9. The molecule has 1 aromatic carbocycles. The van der Waals surface area contributed by atoms with Crippen LogP contribution in [0.1, 0.15) is 42.1 Å². The first kappa shape index (κ1) is 17.4. The van der Waals surface area contributed by atoms with E-state index in [9.17, 15) is 23.1 Å². The predicted molar refractivity (Wildman–Crippen MR) is 81.8 cm³/mol. The van der Waals surface area contributed by atoms with Crippen molar-refractivity contribution in [3.63, 3.8) is 0 Å². The molecule has 0 aromatic heterocycles. The van der Waals surface area contributed by atoms with E-state index in [1.807, 2.05) is 0 Å². The maximum atomic E-state index is 12.7. The summed E-state index contributed by atoms with van der Waals surface area (Å²) >= 11 is 0. The number of nitrogens with one attached hydrogen (secondary N) is 1. The highest BCUT2D eigenvalue weighted by atomic mass is 32.2. The van der Waals surface area contributed by atoms with Crippen LogP contribution in [0.2, 0.25) is 0 Å². The van der Waals surface area contributed by atoms with E-state index in [2.05, 4.69) is 4.72 Å². The van der Waals surface area contributed by atoms with Crippen molar-refractivity contribution in [2.24, 2.45) is 5.92 Å². The van der Waals surface area contributed by atoms with E-state index < -0.39 is 27.5 Å². The van der Waals surface area contributed by atoms with Crippen molar-refractivity contribution in [2.75, 3.05) is 0 Å². The molecular weight excluding hydrogens is 322 g/mol. The molecule has 1 saturated carbocycles. The molecule has 0 spiro atoms. The van der Waals surface area contributed by atoms with Gasteiger partial charge in [0.1, 0.15) is 5.54 Å². The van der Waals surface area contributed by atoms with Gasteiger partial charge in [0.05, 0.1) is 10.5 Å². The van der Waals surface area contributed by atoms with Gasteiger partial charge in [-0.25, -0.2) is 13.2 Å². The highest BCUT2D eigenvalue weighted by Gasteiger charge is 2.50. The highest BCUT2D eigenvalue weighted by Crippen LogP contribution is 2.37. The van der Waals surface area contributed by atoms with E-state index in [1.165, 1.54) is 25.1 Å². The summed E-state index contributed by atoms with van der Waals surface area (Å²) in [4.78, 5) is 22.6. The second-order valence-electron chi connectivity index (χ2n) is 5.91. The standard InChI is InChI=1S/C15H19NO6S/c1-9-5-4-8-15(9,14(19)20)16-23(21,22)12-7-3-6-11(10(12)2)13(17)18/h3,6-7,9,16H,4-5,8H2,1-2H3,(H,17,18)(H,19,20). The van der Waals surface area contributed by atoms with E-state index in [-0.39, 0.29) is 28.4 Å². The van der Waals surface area contributed by atoms with Gasteiger partial charge in [-0.05, 0) is 43.4 Å². The lowest BCUT2D eigenvalue weighted by Gasteiger charge is -2.30. The van der Waals surface area contributed by atoms with Gasteiger partial charge < -0.3 is 10.2 Å². The minimum atomic E-state index is -4.16. The number of hydrogen-bond acceptors (Lipinski definition) is 4. The quantitative estimate of drug-likeness (QED) is 0.748. The number of carboxylic acid groups (broad SMARTS) is 2. The van der Waals surface area contributed by atoms with Gasteiger partial charge in [0.2, 0.25) is 10.0 Å². The number of sulfonamides is 1. The third kappa shape index (κ3) is 2.96. The summed E-state index contributed by atoms with van der Waals surface area (Å²) in [6.07, 6.45) is 1.44. The van der Waals surface area contributed by atoms with Gasteiger partial charge in [-0.3, -0.25) is 4.79 Å². The molecule has 2 unspecified atom stereocenters. The van der Waals surface area contributed by atoms with Crippen LogP contribution in [0.4, 0.5) is 0 Å². The second-order valence-corrected chi connectivity index (χ2v) is 7.56. The maximum absolute atomic E-state index is 12.7. The number of carboxylic acids is 2. The van der Waals surface area contributed by atoms with E-state index >= 15 is 0 Å². The van der Waals surface area contributed by atoms with Crippen molar-refractivity contribution in [3.8, 4) is 0 Å². The Bertz CT molecular complexity index is 757. The van der Waals surface area contributed by atoms with Crippen molar-refractivity contribution in [1.29, 1.82) is 0 Å². The Morgan fingerprint density at radius 2 is 1.96 bits per heavy atom. The average Bonchev–Trinajstić information content (AvgIpc) is 2.80. The summed E-state index contributed by atoms with van der Waals surface area (Å²) in [5.74, 6) is -2.79. The van der Waals surface area contributed by atoms with Crippen molar-refractivity contribution in [1.82, 2.24) is 4.72 Å². The number of benzene rings is 1. The summed E-state index contributed by atoms with van der Waals surface area (Å²) in [6.45, 7) is 3.09. The first-order valence-corrected chi connectivity index (χ1v) is 8.70. The molecule has 2 rings (SSSR count). The lowest BCUT2D eigenvalue weighted by Crippen LogP contribution is -2.56. The smallest absolute Gasteiger partial charge is 0.335 e. The van der Waals surface area contributed by atoms with E-state index in [1.54, 1.807) is 6.92 Å². The number of rotatable bonds is 5. The number of hydrogen-bond donors (Lipinski definition) is 3. The molecule has 0 radical (unpaired) electrons. The minimum Gasteiger partial charge on any atom is -0.480 e. The summed E-state index contributed by atoms with van der Waals surface area (Å²) in [6, 6.07) is 3.91. The Balaban J connectivity index is 2.49. The van der Waals surface area contributed by atoms with Crippen molar-refractivity contribution >= 4 is 22.0 Å². The molecule has 1 aliphatic rings. The van der Waals surface area contributed by atoms with Crippen LogP contribution in [-0.4, -0.2) is 36.1 Å². The molecule has 8 heteroatoms. The van der Waals surface area contributed by atoms with E-state index in [4.69, 9.17) is 5.11 Å². The molecule has 2 atom stereocenters. The van der Waals surface area contributed by atoms with Gasteiger partial charge in [-0.2, -0.15) is 4.72 Å². The second kappa shape index (κ2) is 5.93. The zero-order valence-corrected chi connectivity index (χ0v) is 13.7. The maximum Gasteiger partial charge on any atom is 0.335 e. The third-order valence-electron chi connectivity index (χ3n) is 4.55. The van der Waals surface area contributed by atoms with Crippen LogP contribution in [0, 0.1) is 12.8 Å². The fraction of sp³-hybridized carbons (Fsp3) is 0.467. The minimum absolute atomic E-state index is 0.0821. The third-order valence-corrected chi connectivity index (χ3v) is 6.21. The van der Waals surface area contributed by atoms with Crippen LogP contribution >= 0.6 is 0 Å². The molecule has 0 bridgehead atoms. The van der Waals surface area contributed by atoms with Gasteiger partial charge in [0, 0.05) is 0 Å². The van der Waals surface area contributed by atoms with Crippen LogP contribution in [-0.2, 0) is 14.8 Å². The Kier molecular flexibility index (Phi) is 4.50. The Hall–Kier alpha value is -1.93. The number of carbonyl (C=O) groups is 2. The van der Waals surface area contributed by atoms with Crippen LogP contribution < -0.4 is 4.72 Å². The largest absolute Gasteiger partial charge is 0.480 e. The molecule has 0 amide bonds. The molecule has 0 aliphatic heterocycles. The van der Waals surface area contributed by atoms with Gasteiger partial charge >= 0.3 is 11.9 Å². The van der Waals surface area contributed by atoms with Gasteiger partial charge in [-0.1, -0.05) is 19.4 Å². The fourth-order valence-electron chi connectivity index (χ4n) is 3.12. The van der Waals surface area contributed by atoms with Crippen LogP contribution in [0.15, 0.2) is 23.1 Å². The molecular formula is C15H19NO6S. The molecule has 23 heavy (non-hydrogen) atoms. The Morgan fingerprint density at radius 1 is 1.30 bits per heavy atom. The molecule has 1 fully saturated rings. The molecule has 7 nitrogen and oxygen atoms in total. The van der Waals surface area contributed by atoms with Crippen LogP contribution in [0.3, 0.4) is 0 Å². The Morgan fingerprint density at radius 3 is 2.43 bits per heavy atom. The normalized spacial score (nSPS) is 24.5. The molecule has 0 heterocycles. The summed E-state index contributed by atoms with van der Waals surface area (Å²) in [5, 5.41) is 18.6. The van der Waals surface area contributed by atoms with Crippen molar-refractivity contribution in [2.45, 2.75) is 43.5 Å². The molecule has 0 saturated heterocycles. The molecule has 1 aliphatic carbocycles. The first-order valence-electron chi connectivity index (χ1n) is 7.22. The van der Waals surface area contributed by atoms with Crippen molar-refractivity contribution < 1.29 is 28.2 Å². The summed E-state index contributed by atoms with van der Waals surface area (Å²) in [7, 11) is -4.16. The SMILES string of the molecule is Cc1c(C(=O)O)cccc1S(=O)(=O)NC1(C(=O)O)CCCC1C. The van der Waals surface area contributed by atoms with E-state index in [0.717, 1.165) is 0 Å². The average molecular weight is 341 g/mol.